The summed E-state index contributed by atoms with van der Waals surface area (Å²) in [6, 6.07) is -1.55. The van der Waals surface area contributed by atoms with Gasteiger partial charge in [0.05, 0.1) is 12.0 Å². The Bertz CT molecular complexity index is 350. The van der Waals surface area contributed by atoms with Crippen molar-refractivity contribution in [1.82, 2.24) is 10.6 Å². The predicted octanol–water partition coefficient (Wildman–Crippen LogP) is -0.0531. The van der Waals surface area contributed by atoms with Crippen molar-refractivity contribution in [1.29, 1.82) is 0 Å². The third-order valence-electron chi connectivity index (χ3n) is 3.19. The lowest BCUT2D eigenvalue weighted by atomic mass is 9.93. The summed E-state index contributed by atoms with van der Waals surface area (Å²) in [6.45, 7) is 1.50. The van der Waals surface area contributed by atoms with Crippen LogP contribution in [0, 0.1) is 0 Å². The minimum atomic E-state index is -0.937. The van der Waals surface area contributed by atoms with Gasteiger partial charge in [-0.2, -0.15) is 0 Å². The smallest absolute Gasteiger partial charge is 0.312 e. The second-order valence-electron chi connectivity index (χ2n) is 4.78. The van der Waals surface area contributed by atoms with Crippen LogP contribution in [-0.2, 0) is 9.59 Å². The molecule has 0 bridgehead atoms. The van der Waals surface area contributed by atoms with Gasteiger partial charge < -0.3 is 21.5 Å². The fourth-order valence-corrected chi connectivity index (χ4v) is 2.34. The fraction of sp³-hybridized carbons (Fsp3) is 0.727. The zero-order valence-corrected chi connectivity index (χ0v) is 10.4. The Kier molecular flexibility index (Phi) is 4.52. The maximum atomic E-state index is 11.8. The van der Waals surface area contributed by atoms with Gasteiger partial charge in [-0.1, -0.05) is 12.8 Å². The summed E-state index contributed by atoms with van der Waals surface area (Å²) >= 11 is 0. The summed E-state index contributed by atoms with van der Waals surface area (Å²) in [4.78, 5) is 33.3. The topological polar surface area (TPSA) is 122 Å². The lowest BCUT2D eigenvalue weighted by Gasteiger charge is -2.30. The number of hydrogen-bond donors (Lipinski definition) is 4. The molecule has 1 aliphatic rings. The summed E-state index contributed by atoms with van der Waals surface area (Å²) < 4.78 is 0. The molecular weight excluding hydrogens is 238 g/mol. The van der Waals surface area contributed by atoms with Crippen LogP contribution in [0.3, 0.4) is 0 Å². The number of amides is 3. The molecule has 1 saturated carbocycles. The van der Waals surface area contributed by atoms with Crippen LogP contribution >= 0.6 is 0 Å². The number of primary amides is 1. The minimum absolute atomic E-state index is 0.0952. The Morgan fingerprint density at radius 3 is 2.33 bits per heavy atom. The maximum Gasteiger partial charge on any atom is 0.312 e. The van der Waals surface area contributed by atoms with E-state index >= 15 is 0 Å². The van der Waals surface area contributed by atoms with E-state index in [4.69, 9.17) is 10.8 Å². The highest BCUT2D eigenvalue weighted by Crippen LogP contribution is 2.32. The van der Waals surface area contributed by atoms with Gasteiger partial charge in [0.25, 0.3) is 0 Å². The van der Waals surface area contributed by atoms with Crippen LogP contribution in [-0.4, -0.2) is 34.6 Å². The minimum Gasteiger partial charge on any atom is -0.481 e. The van der Waals surface area contributed by atoms with E-state index in [-0.39, 0.29) is 6.42 Å². The van der Waals surface area contributed by atoms with Gasteiger partial charge >= 0.3 is 12.0 Å². The van der Waals surface area contributed by atoms with Crippen molar-refractivity contribution in [3.63, 3.8) is 0 Å². The monoisotopic (exact) mass is 257 g/mol. The number of carboxylic acids is 1. The van der Waals surface area contributed by atoms with Crippen molar-refractivity contribution < 1.29 is 19.5 Å². The molecular formula is C11H19N3O4. The molecule has 1 atom stereocenters. The first kappa shape index (κ1) is 14.3. The number of nitrogens with one attached hydrogen (secondary N) is 2. The van der Waals surface area contributed by atoms with E-state index in [2.05, 4.69) is 10.6 Å². The Balaban J connectivity index is 2.63. The third-order valence-corrected chi connectivity index (χ3v) is 3.19. The highest BCUT2D eigenvalue weighted by Gasteiger charge is 2.38. The van der Waals surface area contributed by atoms with Crippen molar-refractivity contribution in [2.75, 3.05) is 0 Å². The van der Waals surface area contributed by atoms with Crippen LogP contribution in [0.2, 0.25) is 0 Å². The van der Waals surface area contributed by atoms with Gasteiger partial charge in [0.15, 0.2) is 0 Å². The van der Waals surface area contributed by atoms with Crippen LogP contribution in [0.5, 0.6) is 0 Å². The molecule has 0 saturated heterocycles. The highest BCUT2D eigenvalue weighted by molar-refractivity contribution is 5.87. The Hall–Kier alpha value is -1.79. The molecule has 0 aromatic carbocycles. The number of rotatable bonds is 5. The molecule has 0 radical (unpaired) electrons. The van der Waals surface area contributed by atoms with E-state index in [0.29, 0.717) is 12.8 Å². The van der Waals surface area contributed by atoms with Crippen LogP contribution in [0.4, 0.5) is 4.79 Å². The third kappa shape index (κ3) is 3.90. The summed E-state index contributed by atoms with van der Waals surface area (Å²) in [6.07, 6.45) is 2.99. The zero-order chi connectivity index (χ0) is 13.8. The molecule has 1 unspecified atom stereocenters. The van der Waals surface area contributed by atoms with Gasteiger partial charge in [0, 0.05) is 0 Å². The zero-order valence-electron chi connectivity index (χ0n) is 10.4. The second-order valence-corrected chi connectivity index (χ2v) is 4.78. The number of hydrogen-bond acceptors (Lipinski definition) is 3. The molecule has 3 amide bonds. The Labute approximate surface area is 105 Å². The van der Waals surface area contributed by atoms with Crippen molar-refractivity contribution >= 4 is 17.9 Å². The van der Waals surface area contributed by atoms with Crippen molar-refractivity contribution in [2.45, 2.75) is 50.6 Å². The average molecular weight is 257 g/mol. The van der Waals surface area contributed by atoms with Crippen molar-refractivity contribution in [2.24, 2.45) is 5.73 Å². The summed E-state index contributed by atoms with van der Waals surface area (Å²) in [7, 11) is 0. The molecule has 102 valence electrons. The van der Waals surface area contributed by atoms with Crippen molar-refractivity contribution in [3.8, 4) is 0 Å². The summed E-state index contributed by atoms with van der Waals surface area (Å²) in [5, 5.41) is 13.9. The molecule has 0 aromatic heterocycles. The number of carboxylic acid groups (broad SMARTS) is 1. The molecule has 18 heavy (non-hydrogen) atoms. The molecule has 0 heterocycles. The number of aliphatic carboxylic acids is 1. The van der Waals surface area contributed by atoms with Gasteiger partial charge in [0.1, 0.15) is 6.04 Å². The van der Waals surface area contributed by atoms with E-state index in [1.807, 2.05) is 0 Å². The van der Waals surface area contributed by atoms with Gasteiger partial charge in [-0.05, 0) is 19.8 Å². The Morgan fingerprint density at radius 1 is 1.33 bits per heavy atom. The highest BCUT2D eigenvalue weighted by atomic mass is 16.4. The summed E-state index contributed by atoms with van der Waals surface area (Å²) in [5.74, 6) is -1.34. The molecule has 7 heteroatoms. The summed E-state index contributed by atoms with van der Waals surface area (Å²) in [5.41, 5.74) is 4.24. The number of carbonyl (C=O) groups is 3. The lowest BCUT2D eigenvalue weighted by molar-refractivity contribution is -0.139. The number of urea groups is 1. The molecule has 0 spiro atoms. The van der Waals surface area contributed by atoms with Crippen LogP contribution in [0.1, 0.15) is 39.0 Å². The molecule has 7 nitrogen and oxygen atoms in total. The molecule has 0 aromatic rings. The van der Waals surface area contributed by atoms with Gasteiger partial charge in [-0.3, -0.25) is 9.59 Å². The second kappa shape index (κ2) is 5.70. The quantitative estimate of drug-likeness (QED) is 0.551. The molecule has 0 aliphatic heterocycles. The molecule has 1 fully saturated rings. The molecule has 1 aliphatic carbocycles. The first-order chi connectivity index (χ1) is 8.34. The fourth-order valence-electron chi connectivity index (χ4n) is 2.34. The number of carbonyl (C=O) groups excluding carboxylic acids is 2. The van der Waals surface area contributed by atoms with E-state index < -0.39 is 29.5 Å². The van der Waals surface area contributed by atoms with Crippen LogP contribution < -0.4 is 16.4 Å². The van der Waals surface area contributed by atoms with E-state index in [0.717, 1.165) is 12.8 Å². The molecule has 1 rings (SSSR count). The lowest BCUT2D eigenvalue weighted by Crippen LogP contribution is -2.55. The van der Waals surface area contributed by atoms with Crippen LogP contribution in [0.25, 0.3) is 0 Å². The van der Waals surface area contributed by atoms with Crippen molar-refractivity contribution in [3.05, 3.63) is 0 Å². The maximum absolute atomic E-state index is 11.8. The standard InChI is InChI=1S/C11H19N3O4/c1-7(13-10(12)18)9(17)14-11(6-8(15)16)4-2-3-5-11/h7H,2-6H2,1H3,(H,14,17)(H,15,16)(H3,12,13,18). The Morgan fingerprint density at radius 2 is 1.89 bits per heavy atom. The first-order valence-corrected chi connectivity index (χ1v) is 5.94. The van der Waals surface area contributed by atoms with Gasteiger partial charge in [-0.25, -0.2) is 4.79 Å². The van der Waals surface area contributed by atoms with E-state index in [9.17, 15) is 14.4 Å². The largest absolute Gasteiger partial charge is 0.481 e. The van der Waals surface area contributed by atoms with Gasteiger partial charge in [-0.15, -0.1) is 0 Å². The predicted molar refractivity (Wildman–Crippen MR) is 63.8 cm³/mol. The first-order valence-electron chi connectivity index (χ1n) is 5.94. The van der Waals surface area contributed by atoms with Gasteiger partial charge in [0.2, 0.25) is 5.91 Å². The normalized spacial score (nSPS) is 18.9. The van der Waals surface area contributed by atoms with E-state index in [1.165, 1.54) is 6.92 Å². The number of nitrogens with two attached hydrogens (primary N) is 1. The molecule has 5 N–H and O–H groups in total. The van der Waals surface area contributed by atoms with E-state index in [1.54, 1.807) is 0 Å². The average Bonchev–Trinajstić information content (AvgIpc) is 2.63. The SMILES string of the molecule is CC(NC(N)=O)C(=O)NC1(CC(=O)O)CCCC1. The van der Waals surface area contributed by atoms with Crippen LogP contribution in [0.15, 0.2) is 0 Å².